The van der Waals surface area contributed by atoms with Gasteiger partial charge in [0.2, 0.25) is 0 Å². The maximum atomic E-state index is 15.1. The number of benzene rings is 1. The number of phenols is 1. The molecule has 1 spiro atoms. The molecular weight excluding hydrogens is 636 g/mol. The third-order valence-electron chi connectivity index (χ3n) is 12.8. The van der Waals surface area contributed by atoms with Crippen molar-refractivity contribution in [3.05, 3.63) is 40.0 Å². The highest BCUT2D eigenvalue weighted by Crippen LogP contribution is 2.70. The molecule has 2 N–H and O–H groups in total. The quantitative estimate of drug-likeness (QED) is 0.186. The van der Waals surface area contributed by atoms with Gasteiger partial charge in [-0.25, -0.2) is 4.79 Å². The minimum absolute atomic E-state index is 0.0702. The average molecular weight is 681 g/mol. The van der Waals surface area contributed by atoms with Crippen LogP contribution in [0.3, 0.4) is 0 Å². The van der Waals surface area contributed by atoms with E-state index in [9.17, 15) is 19.8 Å². The number of hydrogen-bond donors (Lipinski definition) is 2. The number of phenolic OH excluding ortho intramolecular Hbond substituents is 1. The highest BCUT2D eigenvalue weighted by molar-refractivity contribution is 6.23. The molecule has 258 valence electrons. The van der Waals surface area contributed by atoms with Gasteiger partial charge in [0.25, 0.3) is 0 Å². The average Bonchev–Trinajstić information content (AvgIpc) is 3.70. The predicted molar refractivity (Wildman–Crippen MR) is 176 cm³/mol. The largest absolute Gasteiger partial charge is 0.507 e. The fourth-order valence-electron chi connectivity index (χ4n) is 10.3. The van der Waals surface area contributed by atoms with Crippen LogP contribution >= 0.6 is 11.6 Å². The molecule has 1 aromatic carbocycles. The van der Waals surface area contributed by atoms with Crippen molar-refractivity contribution in [2.45, 2.75) is 132 Å². The van der Waals surface area contributed by atoms with Crippen LogP contribution in [0.5, 0.6) is 17.2 Å². The summed E-state index contributed by atoms with van der Waals surface area (Å²) in [6.07, 6.45) is 6.90. The van der Waals surface area contributed by atoms with Gasteiger partial charge in [0.1, 0.15) is 28.4 Å². The lowest BCUT2D eigenvalue weighted by molar-refractivity contribution is -0.171. The number of ether oxygens (including phenoxy) is 4. The van der Waals surface area contributed by atoms with Gasteiger partial charge < -0.3 is 29.2 Å². The number of Topliss-reactive ketones (excluding diaryl/α,β-unsaturated/α-hetero) is 2. The summed E-state index contributed by atoms with van der Waals surface area (Å²) in [6.45, 7) is 14.0. The molecule has 4 aliphatic heterocycles. The molecular formula is C38H45ClO9. The number of fused-ring (bicyclic) bond motifs is 5. The molecule has 0 radical (unpaired) electrons. The number of carbonyl (C=O) groups is 3. The number of aromatic hydroxyl groups is 1. The van der Waals surface area contributed by atoms with Crippen LogP contribution in [0, 0.1) is 17.8 Å². The molecule has 9 rings (SSSR count). The van der Waals surface area contributed by atoms with Gasteiger partial charge in [-0.3, -0.25) is 9.59 Å². The molecule has 2 saturated heterocycles. The minimum Gasteiger partial charge on any atom is -0.507 e. The Balaban J connectivity index is 1.38. The summed E-state index contributed by atoms with van der Waals surface area (Å²) in [6, 6.07) is 0. The lowest BCUT2D eigenvalue weighted by atomic mass is 9.51. The van der Waals surface area contributed by atoms with Crippen molar-refractivity contribution in [2.75, 3.05) is 6.61 Å². The molecule has 1 aromatic rings. The summed E-state index contributed by atoms with van der Waals surface area (Å²) < 4.78 is 26.9. The van der Waals surface area contributed by atoms with Crippen LogP contribution in [0.2, 0.25) is 0 Å². The Kier molecular flexibility index (Phi) is 6.51. The van der Waals surface area contributed by atoms with Crippen molar-refractivity contribution in [1.29, 1.82) is 0 Å². The number of carboxylic acids is 1. The molecule has 2 saturated carbocycles. The van der Waals surface area contributed by atoms with E-state index in [2.05, 4.69) is 13.8 Å². The zero-order chi connectivity index (χ0) is 34.6. The van der Waals surface area contributed by atoms with Gasteiger partial charge >= 0.3 is 5.97 Å². The number of epoxide rings is 1. The van der Waals surface area contributed by atoms with E-state index in [1.54, 1.807) is 6.08 Å². The van der Waals surface area contributed by atoms with Crippen molar-refractivity contribution >= 4 is 29.1 Å². The molecule has 10 heteroatoms. The van der Waals surface area contributed by atoms with Crippen LogP contribution in [0.15, 0.2) is 23.3 Å². The smallest absolute Gasteiger partial charge is 0.330 e. The Bertz CT molecular complexity index is 1760. The van der Waals surface area contributed by atoms with E-state index in [0.717, 1.165) is 12.8 Å². The third kappa shape index (κ3) is 4.13. The Morgan fingerprint density at radius 1 is 1.15 bits per heavy atom. The van der Waals surface area contributed by atoms with Crippen LogP contribution in [-0.4, -0.2) is 67.2 Å². The number of aliphatic carboxylic acids is 1. The molecule has 0 aromatic heterocycles. The number of allylic oxidation sites excluding steroid dienone is 1. The molecule has 9 nitrogen and oxygen atoms in total. The SMILES string of the molecule is C/C(=C\CC12OC(C)(C)C3CC(C=C4C(=O)c5c(O)c6c(c(CCC(C)(C)Cl)c5OC431)OC1(C)CCC(C3(C)CO3)C6C1)C2=O)C(=O)O. The zero-order valence-electron chi connectivity index (χ0n) is 28.8. The molecule has 8 unspecified atom stereocenters. The molecule has 8 atom stereocenters. The molecule has 4 fully saturated rings. The second kappa shape index (κ2) is 9.67. The van der Waals surface area contributed by atoms with Crippen LogP contribution in [-0.2, 0) is 25.5 Å². The number of carboxylic acid groups (broad SMARTS) is 1. The maximum Gasteiger partial charge on any atom is 0.330 e. The lowest BCUT2D eigenvalue weighted by Gasteiger charge is -2.56. The molecule has 6 bridgehead atoms. The van der Waals surface area contributed by atoms with Crippen molar-refractivity contribution < 1.29 is 43.5 Å². The Hall–Kier alpha value is -2.88. The van der Waals surface area contributed by atoms with Gasteiger partial charge in [0.15, 0.2) is 22.8 Å². The van der Waals surface area contributed by atoms with E-state index in [0.29, 0.717) is 54.7 Å². The number of halogens is 1. The Morgan fingerprint density at radius 2 is 1.85 bits per heavy atom. The molecule has 4 aliphatic carbocycles. The summed E-state index contributed by atoms with van der Waals surface area (Å²) in [5.41, 5.74) is -3.07. The summed E-state index contributed by atoms with van der Waals surface area (Å²) in [7, 11) is 0. The van der Waals surface area contributed by atoms with E-state index in [-0.39, 0.29) is 58.1 Å². The molecule has 48 heavy (non-hydrogen) atoms. The predicted octanol–water partition coefficient (Wildman–Crippen LogP) is 6.59. The number of ketones is 2. The topological polar surface area (TPSA) is 132 Å². The van der Waals surface area contributed by atoms with Gasteiger partial charge in [-0.2, -0.15) is 0 Å². The van der Waals surface area contributed by atoms with E-state index < -0.39 is 45.1 Å². The van der Waals surface area contributed by atoms with Gasteiger partial charge in [0.05, 0.1) is 17.8 Å². The first-order valence-corrected chi connectivity index (χ1v) is 17.7. The molecule has 0 amide bonds. The van der Waals surface area contributed by atoms with Crippen molar-refractivity contribution in [3.8, 4) is 17.2 Å². The van der Waals surface area contributed by atoms with Crippen LogP contribution in [0.1, 0.15) is 114 Å². The number of hydrogen-bond acceptors (Lipinski definition) is 8. The number of rotatable bonds is 7. The van der Waals surface area contributed by atoms with Gasteiger partial charge in [0, 0.05) is 51.3 Å². The Morgan fingerprint density at radius 3 is 2.50 bits per heavy atom. The lowest BCUT2D eigenvalue weighted by Crippen LogP contribution is -2.72. The minimum atomic E-state index is -1.64. The standard InChI is InChI=1S/C38H45ClO9/c1-18(32(43)44)8-13-37-31(42)19-14-23-27(40)26-28(41)25-21-16-35(6,12-10-22(21)36(7)17-45-36)46-29(25)20(9-11-33(2,3)39)30(26)47-38(23,37)24(15-19)34(4,5)48-37/h8,14,19,21-22,24,41H,9-13,15-17H2,1-7H3,(H,43,44)/b18-8+. The van der Waals surface area contributed by atoms with Crippen molar-refractivity contribution in [3.63, 3.8) is 0 Å². The summed E-state index contributed by atoms with van der Waals surface area (Å²) in [4.78, 5) is 40.8. The molecule has 8 aliphatic rings. The second-order valence-electron chi connectivity index (χ2n) is 17.0. The van der Waals surface area contributed by atoms with Crippen molar-refractivity contribution in [2.24, 2.45) is 17.8 Å². The first-order chi connectivity index (χ1) is 22.3. The first-order valence-electron chi connectivity index (χ1n) is 17.3. The Labute approximate surface area is 286 Å². The van der Waals surface area contributed by atoms with Crippen LogP contribution in [0.25, 0.3) is 0 Å². The highest BCUT2D eigenvalue weighted by atomic mass is 35.5. The summed E-state index contributed by atoms with van der Waals surface area (Å²) in [5.74, 6) is -2.04. The van der Waals surface area contributed by atoms with E-state index in [4.69, 9.17) is 30.5 Å². The van der Waals surface area contributed by atoms with Gasteiger partial charge in [-0.1, -0.05) is 12.2 Å². The fraction of sp³-hybridized carbons (Fsp3) is 0.658. The van der Waals surface area contributed by atoms with E-state index in [1.807, 2.05) is 27.7 Å². The summed E-state index contributed by atoms with van der Waals surface area (Å²) in [5, 5.41) is 22.0. The van der Waals surface area contributed by atoms with Crippen LogP contribution in [0.4, 0.5) is 0 Å². The van der Waals surface area contributed by atoms with E-state index >= 15 is 4.79 Å². The van der Waals surface area contributed by atoms with Crippen LogP contribution < -0.4 is 9.47 Å². The second-order valence-corrected chi connectivity index (χ2v) is 18.1. The monoisotopic (exact) mass is 680 g/mol. The fourth-order valence-corrected chi connectivity index (χ4v) is 10.4. The zero-order valence-corrected chi connectivity index (χ0v) is 29.5. The molecule has 4 heterocycles. The van der Waals surface area contributed by atoms with E-state index in [1.165, 1.54) is 13.0 Å². The highest BCUT2D eigenvalue weighted by Gasteiger charge is 2.81. The number of alkyl halides is 1. The third-order valence-corrected chi connectivity index (χ3v) is 13.0. The maximum absolute atomic E-state index is 15.1. The first kappa shape index (κ1) is 32.3. The van der Waals surface area contributed by atoms with Gasteiger partial charge in [-0.05, 0) is 92.9 Å². The van der Waals surface area contributed by atoms with Gasteiger partial charge in [-0.15, -0.1) is 11.6 Å². The normalized spacial score (nSPS) is 39.9. The van der Waals surface area contributed by atoms with Crippen molar-refractivity contribution in [1.82, 2.24) is 0 Å². The summed E-state index contributed by atoms with van der Waals surface area (Å²) >= 11 is 6.78. The number of carbonyl (C=O) groups excluding carboxylic acids is 2.